The Morgan fingerprint density at radius 2 is 0.571 bits per heavy atom. The van der Waals surface area contributed by atoms with Gasteiger partial charge in [0.05, 0.1) is 9.79 Å². The number of nitrogens with zero attached hydrogens (tertiary/aromatic N) is 8. The third-order valence-electron chi connectivity index (χ3n) is 22.3. The number of hydrogen-bond acceptors (Lipinski definition) is 11. The second-order valence-corrected chi connectivity index (χ2v) is 40.7. The molecule has 0 saturated carbocycles. The third-order valence-corrected chi connectivity index (χ3v) is 26.4. The van der Waals surface area contributed by atoms with Crippen LogP contribution in [0.2, 0.25) is 0 Å². The van der Waals surface area contributed by atoms with E-state index in [1.54, 1.807) is 30.3 Å². The average molecular weight is 1820 g/mol. The van der Waals surface area contributed by atoms with E-state index in [1.807, 2.05) is 33.9 Å². The van der Waals surface area contributed by atoms with Gasteiger partial charge in [-0.2, -0.15) is 27.4 Å². The van der Waals surface area contributed by atoms with E-state index in [9.17, 15) is 25.3 Å². The van der Waals surface area contributed by atoms with Gasteiger partial charge in [0.15, 0.2) is 19.7 Å². The van der Waals surface area contributed by atoms with Crippen molar-refractivity contribution in [3.63, 3.8) is 0 Å². The fraction of sp³-hybridized carbons (Fsp3) is 0.350. The lowest BCUT2D eigenvalue weighted by molar-refractivity contribution is -0.602. The van der Waals surface area contributed by atoms with Gasteiger partial charge in [-0.25, -0.2) is 35.2 Å². The smallest absolute Gasteiger partial charge is 0.473 e. The molecule has 0 atom stereocenters. The van der Waals surface area contributed by atoms with Crippen LogP contribution >= 0.6 is 0 Å². The van der Waals surface area contributed by atoms with Gasteiger partial charge in [-0.05, 0) is 113 Å². The fourth-order valence-electron chi connectivity index (χ4n) is 15.7. The van der Waals surface area contributed by atoms with Crippen LogP contribution in [0.5, 0.6) is 35.5 Å². The van der Waals surface area contributed by atoms with Crippen molar-refractivity contribution >= 4 is 29.5 Å². The van der Waals surface area contributed by atoms with Crippen LogP contribution in [-0.4, -0.2) is 48.9 Å². The Kier molecular flexibility index (Phi) is 35.6. The van der Waals surface area contributed by atoms with Crippen molar-refractivity contribution in [2.75, 3.05) is 0 Å². The van der Waals surface area contributed by atoms with Crippen LogP contribution in [0, 0.1) is 0 Å². The number of aromatic nitrogens is 8. The molecule has 0 unspecified atom stereocenters. The molecule has 0 bridgehead atoms. The van der Waals surface area contributed by atoms with Crippen LogP contribution in [0.15, 0.2) is 258 Å². The molecule has 5 aromatic heterocycles. The Hall–Kier alpha value is -10.2. The molecule has 0 amide bonds. The lowest BCUT2D eigenvalue weighted by Crippen LogP contribution is -3.00. The zero-order chi connectivity index (χ0) is 90.2. The summed E-state index contributed by atoms with van der Waals surface area (Å²) in [7, 11) is -11.0. The molecule has 0 N–H and O–H groups in total. The number of halogens is 3. The minimum atomic E-state index is -3.82. The van der Waals surface area contributed by atoms with E-state index in [4.69, 9.17) is 14.2 Å². The standard InChI is InChI=1S/C35H43N2O3S.2C34H42N3O3S.3ClH/c1-10-41(38,39)28-19-17-27(18-20-28)40-35-36(33-29(23(2)3)13-11-14-30(33)24(4)5)21-22-37(35)34-31(25(6)7)15-12-16-32(34)26(8)9;1-10-41(38,39)30-18-13-19-35-33(30)40-34-36(31-26(22(2)3)14-11-15-27(31)23(4)5)20-21-37(34)32-28(24(6)7)16-12-17-29(32)25(8)9;1-10-41(38,39)26-17-18-35-31(21-26)40-34-36(32-27(22(2)3)13-11-14-28(32)23(4)5)19-20-37(34)33-29(24(6)7)15-12-16-30(33)25(8)9;;;/h10-26H,1H2,2-9H3;2*10-25H,1H2,2-9H3;3*1H/q3*+1;;;/p-3. The molecule has 0 aliphatic heterocycles. The van der Waals surface area contributed by atoms with Crippen LogP contribution < -0.4 is 65.1 Å². The number of ether oxygens (including phenoxy) is 3. The van der Waals surface area contributed by atoms with Gasteiger partial charge in [0, 0.05) is 101 Å². The summed E-state index contributed by atoms with van der Waals surface area (Å²) >= 11 is 0. The summed E-state index contributed by atoms with van der Waals surface area (Å²) in [4.78, 5) is 9.04. The minimum Gasteiger partial charge on any atom is -1.00 e. The summed E-state index contributed by atoms with van der Waals surface area (Å²) in [6.07, 6.45) is 15.2. The van der Waals surface area contributed by atoms with Crippen molar-refractivity contribution in [3.05, 3.63) is 310 Å². The zero-order valence-electron chi connectivity index (χ0n) is 77.5. The first-order valence-corrected chi connectivity index (χ1v) is 47.6. The molecule has 5 heterocycles. The van der Waals surface area contributed by atoms with Crippen LogP contribution in [-0.2, 0) is 29.5 Å². The highest BCUT2D eigenvalue weighted by Crippen LogP contribution is 2.43. The average Bonchev–Trinajstić information content (AvgIpc) is 1.58. The van der Waals surface area contributed by atoms with E-state index in [0.29, 0.717) is 47.5 Å². The predicted octanol–water partition coefficient (Wildman–Crippen LogP) is 16.7. The first kappa shape index (κ1) is 103. The molecule has 23 heteroatoms. The first-order chi connectivity index (χ1) is 58.1. The summed E-state index contributed by atoms with van der Waals surface area (Å²) < 4.78 is 108. The van der Waals surface area contributed by atoms with Crippen molar-refractivity contribution < 1.29 is 90.4 Å². The van der Waals surface area contributed by atoms with E-state index >= 15 is 0 Å². The summed E-state index contributed by atoms with van der Waals surface area (Å²) in [5.74, 6) is 3.95. The lowest BCUT2D eigenvalue weighted by Gasteiger charge is -2.19. The molecule has 17 nitrogen and oxygen atoms in total. The zero-order valence-corrected chi connectivity index (χ0v) is 82.2. The van der Waals surface area contributed by atoms with Crippen LogP contribution in [0.3, 0.4) is 0 Å². The quantitative estimate of drug-likeness (QED) is 0.0391. The van der Waals surface area contributed by atoms with Crippen molar-refractivity contribution in [2.45, 2.75) is 252 Å². The van der Waals surface area contributed by atoms with Gasteiger partial charge in [-0.15, -0.1) is 0 Å². The second kappa shape index (κ2) is 43.5. The highest BCUT2D eigenvalue weighted by molar-refractivity contribution is 7.94. The molecule has 0 saturated heterocycles. The summed E-state index contributed by atoms with van der Waals surface area (Å²) in [5, 5.41) is 2.84. The maximum Gasteiger partial charge on any atom is 0.473 e. The molecule has 7 aromatic carbocycles. The summed E-state index contributed by atoms with van der Waals surface area (Å²) in [6.45, 7) is 63.1. The van der Waals surface area contributed by atoms with Gasteiger partial charge in [0.2, 0.25) is 21.6 Å². The number of rotatable bonds is 30. The molecule has 0 aliphatic carbocycles. The van der Waals surface area contributed by atoms with Gasteiger partial charge < -0.3 is 51.4 Å². The van der Waals surface area contributed by atoms with Crippen molar-refractivity contribution in [2.24, 2.45) is 0 Å². The van der Waals surface area contributed by atoms with Crippen LogP contribution in [0.4, 0.5) is 0 Å². The maximum atomic E-state index is 13.0. The number of hydrogen-bond donors (Lipinski definition) is 0. The molecule has 0 spiro atoms. The maximum absolute atomic E-state index is 13.0. The van der Waals surface area contributed by atoms with Gasteiger partial charge in [0.1, 0.15) is 82.0 Å². The SMILES string of the molecule is C=CS(=O)(=O)c1ccc(Oc2n(-c3c(C(C)C)cccc3C(C)C)cc[n+]2-c2c(C(C)C)cccc2C(C)C)cc1.C=CS(=O)(=O)c1cccnc1Oc1n(-c2c(C(C)C)cccc2C(C)C)cc[n+]1-c1c(C(C)C)cccc1C(C)C.C=CS(=O)(=O)c1ccnc(Oc2n(-c3c(C(C)C)cccc3C(C)C)cc[n+]2-c2c(C(C)C)cccc2C(C)C)c1.[Cl-].[Cl-].[Cl-]. The summed E-state index contributed by atoms with van der Waals surface area (Å²) in [5.41, 5.74) is 20.8. The summed E-state index contributed by atoms with van der Waals surface area (Å²) in [6, 6.07) is 52.8. The Morgan fingerprint density at radius 1 is 0.302 bits per heavy atom. The second-order valence-electron chi connectivity index (χ2n) is 35.1. The highest BCUT2D eigenvalue weighted by Gasteiger charge is 2.38. The Morgan fingerprint density at radius 3 is 0.857 bits per heavy atom. The fourth-order valence-corrected chi connectivity index (χ4v) is 17.9. The first-order valence-electron chi connectivity index (χ1n) is 43.0. The van der Waals surface area contributed by atoms with Gasteiger partial charge in [-0.1, -0.05) is 295 Å². The molecule has 0 radical (unpaired) electrons. The molecule has 672 valence electrons. The van der Waals surface area contributed by atoms with Crippen molar-refractivity contribution in [1.82, 2.24) is 23.7 Å². The molecule has 0 fully saturated rings. The lowest BCUT2D eigenvalue weighted by atomic mass is 9.92. The number of pyridine rings is 2. The molecule has 12 aromatic rings. The molecule has 0 aliphatic rings. The van der Waals surface area contributed by atoms with Gasteiger partial charge >= 0.3 is 18.0 Å². The predicted molar refractivity (Wildman–Crippen MR) is 498 cm³/mol. The van der Waals surface area contributed by atoms with E-state index in [1.165, 1.54) is 97.4 Å². The number of sulfone groups is 3. The number of imidazole rings is 3. The Balaban J connectivity index is 0.000000256. The normalized spacial score (nSPS) is 11.8. The molecule has 12 rings (SSSR count). The largest absolute Gasteiger partial charge is 1.00 e. The van der Waals surface area contributed by atoms with E-state index in [2.05, 4.69) is 336 Å². The van der Waals surface area contributed by atoms with Crippen LogP contribution in [0.1, 0.15) is 304 Å². The Labute approximate surface area is 769 Å². The van der Waals surface area contributed by atoms with Crippen molar-refractivity contribution in [1.29, 1.82) is 0 Å². The highest BCUT2D eigenvalue weighted by atomic mass is 35.5. The third kappa shape index (κ3) is 22.3. The van der Waals surface area contributed by atoms with Gasteiger partial charge in [-0.3, -0.25) is 0 Å². The topological polar surface area (TPSA) is 182 Å². The molecule has 126 heavy (non-hydrogen) atoms. The monoisotopic (exact) mass is 1820 g/mol. The number of benzene rings is 7. The number of para-hydroxylation sites is 6. The molecular formula is C103H127Cl3N8O9S3. The van der Waals surface area contributed by atoms with E-state index in [0.717, 1.165) is 50.3 Å². The Bertz CT molecular complexity index is 5780. The van der Waals surface area contributed by atoms with E-state index < -0.39 is 29.5 Å². The van der Waals surface area contributed by atoms with Gasteiger partial charge in [0.25, 0.3) is 0 Å². The molecular weight excluding hydrogens is 1700 g/mol. The van der Waals surface area contributed by atoms with Crippen molar-refractivity contribution in [3.8, 4) is 69.7 Å². The van der Waals surface area contributed by atoms with E-state index in [-0.39, 0.29) is 111 Å². The minimum absolute atomic E-state index is 0. The van der Waals surface area contributed by atoms with Crippen LogP contribution in [0.25, 0.3) is 34.1 Å².